The summed E-state index contributed by atoms with van der Waals surface area (Å²) < 4.78 is 16.5. The molecule has 0 radical (unpaired) electrons. The number of rotatable bonds is 1. The van der Waals surface area contributed by atoms with E-state index in [1.807, 2.05) is 13.8 Å². The molecule has 86 valence electrons. The monoisotopic (exact) mass is 216 g/mol. The first-order valence-electron chi connectivity index (χ1n) is 5.11. The number of hydrogen-bond donors (Lipinski definition) is 1. The van der Waals surface area contributed by atoms with Crippen LogP contribution < -0.4 is 0 Å². The quantitative estimate of drug-likeness (QED) is 0.701. The molecule has 1 spiro atoms. The van der Waals surface area contributed by atoms with E-state index in [1.165, 1.54) is 0 Å². The van der Waals surface area contributed by atoms with Crippen molar-refractivity contribution in [2.45, 2.75) is 44.2 Å². The molecule has 0 aromatic heterocycles. The Labute approximate surface area is 88.3 Å². The highest BCUT2D eigenvalue weighted by molar-refractivity contribution is 5.72. The Morgan fingerprint density at radius 3 is 2.47 bits per heavy atom. The van der Waals surface area contributed by atoms with Crippen molar-refractivity contribution in [3.63, 3.8) is 0 Å². The van der Waals surface area contributed by atoms with Gasteiger partial charge in [-0.05, 0) is 13.8 Å². The van der Waals surface area contributed by atoms with Crippen molar-refractivity contribution in [1.29, 1.82) is 0 Å². The van der Waals surface area contributed by atoms with Crippen molar-refractivity contribution in [3.8, 4) is 0 Å². The number of ether oxygens (including phenoxy) is 3. The third-order valence-electron chi connectivity index (χ3n) is 2.74. The molecule has 2 saturated heterocycles. The largest absolute Gasteiger partial charge is 0.479 e. The van der Waals surface area contributed by atoms with Crippen molar-refractivity contribution in [3.05, 3.63) is 0 Å². The minimum absolute atomic E-state index is 0.270. The van der Waals surface area contributed by atoms with Gasteiger partial charge >= 0.3 is 5.97 Å². The van der Waals surface area contributed by atoms with Crippen LogP contribution in [0.3, 0.4) is 0 Å². The summed E-state index contributed by atoms with van der Waals surface area (Å²) in [6.07, 6.45) is 0.00192. The number of carboxylic acid groups (broad SMARTS) is 1. The van der Waals surface area contributed by atoms with Crippen LogP contribution in [0, 0.1) is 0 Å². The molecule has 0 bridgehead atoms. The highest BCUT2D eigenvalue weighted by atomic mass is 16.7. The van der Waals surface area contributed by atoms with E-state index in [9.17, 15) is 4.79 Å². The first-order chi connectivity index (χ1) is 6.93. The van der Waals surface area contributed by atoms with Gasteiger partial charge in [-0.2, -0.15) is 0 Å². The molecule has 5 heteroatoms. The van der Waals surface area contributed by atoms with Crippen LogP contribution in [-0.2, 0) is 19.0 Å². The van der Waals surface area contributed by atoms with Gasteiger partial charge in [0.15, 0.2) is 11.9 Å². The van der Waals surface area contributed by atoms with Crippen LogP contribution in [0.25, 0.3) is 0 Å². The Kier molecular flexibility index (Phi) is 2.48. The molecule has 2 fully saturated rings. The Morgan fingerprint density at radius 1 is 1.33 bits per heavy atom. The summed E-state index contributed by atoms with van der Waals surface area (Å²) in [7, 11) is 0. The molecule has 1 N–H and O–H groups in total. The summed E-state index contributed by atoms with van der Waals surface area (Å²) in [5.41, 5.74) is -0.522. The van der Waals surface area contributed by atoms with Crippen LogP contribution in [0.5, 0.6) is 0 Å². The normalized spacial score (nSPS) is 33.1. The number of carbonyl (C=O) groups is 1. The van der Waals surface area contributed by atoms with E-state index in [0.29, 0.717) is 19.6 Å². The van der Waals surface area contributed by atoms with Gasteiger partial charge in [-0.1, -0.05) is 0 Å². The van der Waals surface area contributed by atoms with Crippen LogP contribution in [-0.4, -0.2) is 41.8 Å². The van der Waals surface area contributed by atoms with Gasteiger partial charge in [-0.3, -0.25) is 0 Å². The van der Waals surface area contributed by atoms with E-state index in [1.54, 1.807) is 0 Å². The number of hydrogen-bond acceptors (Lipinski definition) is 4. The lowest BCUT2D eigenvalue weighted by Gasteiger charge is -2.43. The molecule has 2 aliphatic heterocycles. The maximum Gasteiger partial charge on any atom is 0.333 e. The maximum atomic E-state index is 10.9. The second kappa shape index (κ2) is 3.43. The minimum atomic E-state index is -0.957. The van der Waals surface area contributed by atoms with E-state index in [4.69, 9.17) is 19.3 Å². The molecule has 0 aromatic carbocycles. The number of carboxylic acids is 1. The second-order valence-electron chi connectivity index (χ2n) is 4.69. The fraction of sp³-hybridized carbons (Fsp3) is 0.900. The van der Waals surface area contributed by atoms with Crippen molar-refractivity contribution in [2.75, 3.05) is 13.2 Å². The Morgan fingerprint density at radius 2 is 1.93 bits per heavy atom. The molecule has 0 aromatic rings. The summed E-state index contributed by atoms with van der Waals surface area (Å²) in [6.45, 7) is 4.77. The summed E-state index contributed by atoms with van der Waals surface area (Å²) in [5.74, 6) is -1.70. The van der Waals surface area contributed by atoms with Crippen LogP contribution in [0.1, 0.15) is 26.7 Å². The molecule has 1 unspecified atom stereocenters. The predicted molar refractivity (Wildman–Crippen MR) is 50.5 cm³/mol. The lowest BCUT2D eigenvalue weighted by molar-refractivity contribution is -0.263. The van der Waals surface area contributed by atoms with E-state index in [2.05, 4.69) is 0 Å². The molecule has 0 amide bonds. The van der Waals surface area contributed by atoms with Crippen LogP contribution in [0.4, 0.5) is 0 Å². The Balaban J connectivity index is 2.17. The van der Waals surface area contributed by atoms with E-state index < -0.39 is 23.5 Å². The average Bonchev–Trinajstić information content (AvgIpc) is 2.49. The smallest absolute Gasteiger partial charge is 0.333 e. The minimum Gasteiger partial charge on any atom is -0.479 e. The van der Waals surface area contributed by atoms with Crippen LogP contribution in [0.15, 0.2) is 0 Å². The molecule has 5 nitrogen and oxygen atoms in total. The van der Waals surface area contributed by atoms with Crippen LogP contribution >= 0.6 is 0 Å². The lowest BCUT2D eigenvalue weighted by atomic mass is 9.89. The van der Waals surface area contributed by atoms with Crippen molar-refractivity contribution in [2.24, 2.45) is 0 Å². The van der Waals surface area contributed by atoms with Gasteiger partial charge in [0.2, 0.25) is 0 Å². The van der Waals surface area contributed by atoms with Gasteiger partial charge in [0.05, 0.1) is 18.8 Å². The first kappa shape index (κ1) is 10.9. The van der Waals surface area contributed by atoms with Crippen molar-refractivity contribution in [1.82, 2.24) is 0 Å². The zero-order chi connectivity index (χ0) is 11.1. The zero-order valence-corrected chi connectivity index (χ0v) is 8.99. The predicted octanol–water partition coefficient (Wildman–Crippen LogP) is 0.772. The topological polar surface area (TPSA) is 65.0 Å². The van der Waals surface area contributed by atoms with E-state index in [-0.39, 0.29) is 6.42 Å². The standard InChI is InChI=1S/C10H16O5/c1-9(2)6-10(13-3-4-14-10)5-7(15-9)8(11)12/h7H,3-6H2,1-2H3,(H,11,12). The van der Waals surface area contributed by atoms with Gasteiger partial charge in [0.25, 0.3) is 0 Å². The summed E-state index contributed by atoms with van der Waals surface area (Å²) >= 11 is 0. The van der Waals surface area contributed by atoms with Gasteiger partial charge in [0, 0.05) is 12.8 Å². The van der Waals surface area contributed by atoms with Crippen LogP contribution in [0.2, 0.25) is 0 Å². The fourth-order valence-electron chi connectivity index (χ4n) is 2.33. The maximum absolute atomic E-state index is 10.9. The lowest BCUT2D eigenvalue weighted by Crippen LogP contribution is -2.52. The van der Waals surface area contributed by atoms with E-state index >= 15 is 0 Å². The van der Waals surface area contributed by atoms with Crippen molar-refractivity contribution >= 4 is 5.97 Å². The molecular formula is C10H16O5. The molecule has 0 aliphatic carbocycles. The third-order valence-corrected chi connectivity index (χ3v) is 2.74. The summed E-state index contributed by atoms with van der Waals surface area (Å²) in [6, 6.07) is 0. The van der Waals surface area contributed by atoms with Gasteiger partial charge in [-0.25, -0.2) is 4.79 Å². The molecule has 2 heterocycles. The summed E-state index contributed by atoms with van der Waals surface area (Å²) in [4.78, 5) is 10.9. The molecule has 1 atom stereocenters. The molecule has 0 saturated carbocycles. The van der Waals surface area contributed by atoms with E-state index in [0.717, 1.165) is 0 Å². The first-order valence-corrected chi connectivity index (χ1v) is 5.11. The summed E-state index contributed by atoms with van der Waals surface area (Å²) in [5, 5.41) is 8.98. The Hall–Kier alpha value is -0.650. The third kappa shape index (κ3) is 2.14. The fourth-order valence-corrected chi connectivity index (χ4v) is 2.33. The molecule has 15 heavy (non-hydrogen) atoms. The Bertz CT molecular complexity index is 267. The highest BCUT2D eigenvalue weighted by Crippen LogP contribution is 2.40. The number of aliphatic carboxylic acids is 1. The van der Waals surface area contributed by atoms with Gasteiger partial charge < -0.3 is 19.3 Å². The second-order valence-corrected chi connectivity index (χ2v) is 4.69. The average molecular weight is 216 g/mol. The highest BCUT2D eigenvalue weighted by Gasteiger charge is 2.50. The van der Waals surface area contributed by atoms with Gasteiger partial charge in [0.1, 0.15) is 0 Å². The molecule has 2 rings (SSSR count). The molecular weight excluding hydrogens is 200 g/mol. The SMILES string of the molecule is CC1(C)CC2(CC(C(=O)O)O1)OCCO2. The molecule has 2 aliphatic rings. The van der Waals surface area contributed by atoms with Crippen molar-refractivity contribution < 1.29 is 24.1 Å². The zero-order valence-electron chi connectivity index (χ0n) is 8.99. The van der Waals surface area contributed by atoms with Gasteiger partial charge in [-0.15, -0.1) is 0 Å².